The number of fused-ring (bicyclic) bond motifs is 1. The SMILES string of the molecule is CCNC(Cc1c(F)ccc(Br)c1F)C1C2CCCC21. The van der Waals surface area contributed by atoms with E-state index < -0.39 is 11.6 Å². The van der Waals surface area contributed by atoms with Gasteiger partial charge < -0.3 is 5.32 Å². The molecule has 0 saturated heterocycles. The van der Waals surface area contributed by atoms with E-state index >= 15 is 0 Å². The van der Waals surface area contributed by atoms with Crippen LogP contribution in [0.15, 0.2) is 16.6 Å². The van der Waals surface area contributed by atoms with Crippen LogP contribution in [0.2, 0.25) is 0 Å². The third-order valence-corrected chi connectivity index (χ3v) is 5.58. The zero-order valence-corrected chi connectivity index (χ0v) is 13.2. The molecule has 20 heavy (non-hydrogen) atoms. The Morgan fingerprint density at radius 2 is 2.00 bits per heavy atom. The Labute approximate surface area is 127 Å². The molecule has 0 aliphatic heterocycles. The minimum absolute atomic E-state index is 0.202. The molecule has 0 aromatic heterocycles. The molecule has 0 amide bonds. The van der Waals surface area contributed by atoms with Gasteiger partial charge in [0, 0.05) is 11.6 Å². The number of hydrogen-bond acceptors (Lipinski definition) is 1. The Bertz CT molecular complexity index is 495. The van der Waals surface area contributed by atoms with Crippen LogP contribution < -0.4 is 5.32 Å². The highest BCUT2D eigenvalue weighted by molar-refractivity contribution is 9.10. The van der Waals surface area contributed by atoms with Crippen LogP contribution in [-0.4, -0.2) is 12.6 Å². The second-order valence-electron chi connectivity index (χ2n) is 6.03. The lowest BCUT2D eigenvalue weighted by atomic mass is 9.96. The third kappa shape index (κ3) is 2.52. The fraction of sp³-hybridized carbons (Fsp3) is 0.625. The highest BCUT2D eigenvalue weighted by atomic mass is 79.9. The highest BCUT2D eigenvalue weighted by Gasteiger charge is 2.55. The zero-order chi connectivity index (χ0) is 14.3. The van der Waals surface area contributed by atoms with Crippen molar-refractivity contribution in [2.24, 2.45) is 17.8 Å². The fourth-order valence-corrected chi connectivity index (χ4v) is 4.43. The number of hydrogen-bond donors (Lipinski definition) is 1. The Kier molecular flexibility index (Phi) is 4.14. The van der Waals surface area contributed by atoms with Crippen LogP contribution in [0.1, 0.15) is 31.7 Å². The normalized spacial score (nSPS) is 29.3. The van der Waals surface area contributed by atoms with E-state index in [1.165, 1.54) is 31.4 Å². The first-order chi connectivity index (χ1) is 9.63. The Morgan fingerprint density at radius 3 is 2.65 bits per heavy atom. The average Bonchev–Trinajstić information content (AvgIpc) is 2.90. The molecule has 3 rings (SSSR count). The monoisotopic (exact) mass is 343 g/mol. The summed E-state index contributed by atoms with van der Waals surface area (Å²) in [4.78, 5) is 0. The summed E-state index contributed by atoms with van der Waals surface area (Å²) in [6.45, 7) is 2.90. The first kappa shape index (κ1) is 14.5. The van der Waals surface area contributed by atoms with Crippen LogP contribution in [0, 0.1) is 29.4 Å². The van der Waals surface area contributed by atoms with E-state index in [4.69, 9.17) is 0 Å². The van der Waals surface area contributed by atoms with Crippen LogP contribution in [-0.2, 0) is 6.42 Å². The van der Waals surface area contributed by atoms with Gasteiger partial charge >= 0.3 is 0 Å². The van der Waals surface area contributed by atoms with Crippen LogP contribution in [0.3, 0.4) is 0 Å². The van der Waals surface area contributed by atoms with Crippen molar-refractivity contribution in [2.45, 2.75) is 38.6 Å². The molecule has 2 fully saturated rings. The lowest BCUT2D eigenvalue weighted by molar-refractivity contribution is 0.399. The molecule has 0 heterocycles. The minimum atomic E-state index is -0.446. The molecule has 4 heteroatoms. The second-order valence-corrected chi connectivity index (χ2v) is 6.88. The zero-order valence-electron chi connectivity index (χ0n) is 11.6. The van der Waals surface area contributed by atoms with Gasteiger partial charge in [0.15, 0.2) is 0 Å². The number of benzene rings is 1. The van der Waals surface area contributed by atoms with E-state index in [2.05, 4.69) is 28.2 Å². The van der Waals surface area contributed by atoms with Gasteiger partial charge in [0.25, 0.3) is 0 Å². The third-order valence-electron chi connectivity index (χ3n) is 4.97. The van der Waals surface area contributed by atoms with Gasteiger partial charge in [-0.15, -0.1) is 0 Å². The summed E-state index contributed by atoms with van der Waals surface area (Å²) in [5.41, 5.74) is 0.218. The van der Waals surface area contributed by atoms with E-state index in [1.807, 2.05) is 0 Å². The van der Waals surface area contributed by atoms with E-state index in [-0.39, 0.29) is 11.6 Å². The molecule has 2 aliphatic carbocycles. The van der Waals surface area contributed by atoms with E-state index in [0.29, 0.717) is 16.8 Å². The van der Waals surface area contributed by atoms with Gasteiger partial charge in [0.2, 0.25) is 0 Å². The maximum atomic E-state index is 14.1. The largest absolute Gasteiger partial charge is 0.314 e. The number of likely N-dealkylation sites (N-methyl/N-ethyl adjacent to an activating group) is 1. The molecule has 2 saturated carbocycles. The smallest absolute Gasteiger partial charge is 0.143 e. The summed E-state index contributed by atoms with van der Waals surface area (Å²) in [6.07, 6.45) is 4.36. The van der Waals surface area contributed by atoms with Gasteiger partial charge in [-0.05, 0) is 71.6 Å². The Morgan fingerprint density at radius 1 is 1.30 bits per heavy atom. The summed E-state index contributed by atoms with van der Waals surface area (Å²) in [5, 5.41) is 3.45. The summed E-state index contributed by atoms with van der Waals surface area (Å²) in [5.74, 6) is 1.31. The molecule has 3 atom stereocenters. The number of rotatable bonds is 5. The second kappa shape index (κ2) is 5.72. The van der Waals surface area contributed by atoms with Crippen molar-refractivity contribution >= 4 is 15.9 Å². The lowest BCUT2D eigenvalue weighted by Crippen LogP contribution is -2.35. The molecule has 0 radical (unpaired) electrons. The molecule has 2 aliphatic rings. The maximum Gasteiger partial charge on any atom is 0.143 e. The van der Waals surface area contributed by atoms with Crippen LogP contribution in [0.25, 0.3) is 0 Å². The quantitative estimate of drug-likeness (QED) is 0.786. The molecule has 0 spiro atoms. The van der Waals surface area contributed by atoms with Gasteiger partial charge in [-0.2, -0.15) is 0 Å². The fourth-order valence-electron chi connectivity index (χ4n) is 4.06. The van der Waals surface area contributed by atoms with Crippen molar-refractivity contribution in [3.63, 3.8) is 0 Å². The van der Waals surface area contributed by atoms with Crippen LogP contribution in [0.5, 0.6) is 0 Å². The molecule has 1 aromatic rings. The van der Waals surface area contributed by atoms with Gasteiger partial charge in [-0.25, -0.2) is 8.78 Å². The Balaban J connectivity index is 1.79. The van der Waals surface area contributed by atoms with Gasteiger partial charge in [-0.3, -0.25) is 0 Å². The van der Waals surface area contributed by atoms with Crippen molar-refractivity contribution in [1.82, 2.24) is 5.32 Å². The minimum Gasteiger partial charge on any atom is -0.314 e. The van der Waals surface area contributed by atoms with Crippen molar-refractivity contribution in [1.29, 1.82) is 0 Å². The van der Waals surface area contributed by atoms with E-state index in [1.54, 1.807) is 0 Å². The summed E-state index contributed by atoms with van der Waals surface area (Å²) in [7, 11) is 0. The van der Waals surface area contributed by atoms with Gasteiger partial charge in [0.1, 0.15) is 11.6 Å². The average molecular weight is 344 g/mol. The van der Waals surface area contributed by atoms with Crippen molar-refractivity contribution in [3.05, 3.63) is 33.8 Å². The van der Waals surface area contributed by atoms with Crippen LogP contribution >= 0.6 is 15.9 Å². The molecular formula is C16H20BrF2N. The van der Waals surface area contributed by atoms with E-state index in [9.17, 15) is 8.78 Å². The molecule has 3 unspecified atom stereocenters. The molecule has 1 nitrogen and oxygen atoms in total. The molecular weight excluding hydrogens is 324 g/mol. The topological polar surface area (TPSA) is 12.0 Å². The Hall–Kier alpha value is -0.480. The standard InChI is InChI=1S/C16H20BrF2N/c1-2-20-14(15-9-4-3-5-10(9)15)8-11-13(18)7-6-12(17)16(11)19/h6-7,9-10,14-15,20H,2-5,8H2,1H3. The molecule has 1 N–H and O–H groups in total. The van der Waals surface area contributed by atoms with E-state index in [0.717, 1.165) is 18.4 Å². The van der Waals surface area contributed by atoms with Crippen molar-refractivity contribution in [2.75, 3.05) is 6.54 Å². The molecule has 0 bridgehead atoms. The van der Waals surface area contributed by atoms with Crippen molar-refractivity contribution in [3.8, 4) is 0 Å². The summed E-state index contributed by atoms with van der Waals surface area (Å²) < 4.78 is 28.4. The first-order valence-electron chi connectivity index (χ1n) is 7.49. The first-order valence-corrected chi connectivity index (χ1v) is 8.28. The maximum absolute atomic E-state index is 14.1. The highest BCUT2D eigenvalue weighted by Crippen LogP contribution is 2.59. The number of nitrogens with one attached hydrogen (secondary N) is 1. The predicted octanol–water partition coefficient (Wildman–Crippen LogP) is 4.29. The molecule has 110 valence electrons. The van der Waals surface area contributed by atoms with Gasteiger partial charge in [0.05, 0.1) is 4.47 Å². The summed E-state index contributed by atoms with van der Waals surface area (Å²) in [6, 6.07) is 2.98. The lowest BCUT2D eigenvalue weighted by Gasteiger charge is -2.21. The van der Waals surface area contributed by atoms with Crippen LogP contribution in [0.4, 0.5) is 8.78 Å². The number of halogens is 3. The summed E-state index contributed by atoms with van der Waals surface area (Å²) >= 11 is 3.15. The predicted molar refractivity (Wildman–Crippen MR) is 79.5 cm³/mol. The van der Waals surface area contributed by atoms with Gasteiger partial charge in [-0.1, -0.05) is 13.3 Å². The molecule has 1 aromatic carbocycles. The van der Waals surface area contributed by atoms with Crippen molar-refractivity contribution < 1.29 is 8.78 Å².